The maximum atomic E-state index is 13.0. The summed E-state index contributed by atoms with van der Waals surface area (Å²) in [5.41, 5.74) is 7.00. The Hall–Kier alpha value is -1.10. The van der Waals surface area contributed by atoms with Crippen molar-refractivity contribution in [2.45, 2.75) is 23.2 Å². The molecular formula is C14H14ClFN2S. The summed E-state index contributed by atoms with van der Waals surface area (Å²) in [4.78, 5) is 4.24. The molecule has 0 saturated carbocycles. The molecule has 2 aromatic rings. The molecule has 0 spiro atoms. The summed E-state index contributed by atoms with van der Waals surface area (Å²) in [7, 11) is 0. The smallest absolute Gasteiger partial charge is 0.123 e. The molecule has 2 nitrogen and oxygen atoms in total. The number of nitrogens with zero attached hydrogens (tertiary/aromatic N) is 1. The van der Waals surface area contributed by atoms with Crippen molar-refractivity contribution < 1.29 is 4.39 Å². The molecule has 5 heteroatoms. The monoisotopic (exact) mass is 296 g/mol. The molecule has 1 heterocycles. The van der Waals surface area contributed by atoms with Crippen molar-refractivity contribution in [3.05, 3.63) is 59.0 Å². The van der Waals surface area contributed by atoms with Gasteiger partial charge in [0.25, 0.3) is 0 Å². The third-order valence-electron chi connectivity index (χ3n) is 2.62. The standard InChI is InChI=1S/C14H14ClFN2S/c1-9(17)14(10-2-5-12(16)6-3-10)19-13-7-4-11(15)8-18-13/h2-9,14H,17H2,1H3. The maximum Gasteiger partial charge on any atom is 0.123 e. The molecule has 0 bridgehead atoms. The van der Waals surface area contributed by atoms with Gasteiger partial charge in [-0.15, -0.1) is 0 Å². The molecule has 2 N–H and O–H groups in total. The SMILES string of the molecule is CC(N)C(Sc1ccc(Cl)cn1)c1ccc(F)cc1. The minimum atomic E-state index is -0.248. The Bertz CT molecular complexity index is 528. The van der Waals surface area contributed by atoms with Crippen LogP contribution in [0, 0.1) is 5.82 Å². The predicted octanol–water partition coefficient (Wildman–Crippen LogP) is 4.05. The molecule has 2 rings (SSSR count). The largest absolute Gasteiger partial charge is 0.327 e. The Labute approximate surface area is 121 Å². The Morgan fingerprint density at radius 2 is 1.89 bits per heavy atom. The number of hydrogen-bond acceptors (Lipinski definition) is 3. The molecule has 0 fully saturated rings. The predicted molar refractivity (Wildman–Crippen MR) is 77.9 cm³/mol. The van der Waals surface area contributed by atoms with Crippen LogP contribution >= 0.6 is 23.4 Å². The number of rotatable bonds is 4. The molecular weight excluding hydrogens is 283 g/mol. The van der Waals surface area contributed by atoms with E-state index in [1.54, 1.807) is 36.2 Å². The highest BCUT2D eigenvalue weighted by Gasteiger charge is 2.18. The average molecular weight is 297 g/mol. The van der Waals surface area contributed by atoms with Gasteiger partial charge in [-0.2, -0.15) is 0 Å². The number of pyridine rings is 1. The lowest BCUT2D eigenvalue weighted by molar-refractivity contribution is 0.625. The Morgan fingerprint density at radius 3 is 2.42 bits per heavy atom. The van der Waals surface area contributed by atoms with Crippen LogP contribution in [0.25, 0.3) is 0 Å². The summed E-state index contributed by atoms with van der Waals surface area (Å²) >= 11 is 7.35. The van der Waals surface area contributed by atoms with Crippen LogP contribution in [0.4, 0.5) is 4.39 Å². The zero-order valence-electron chi connectivity index (χ0n) is 10.4. The Morgan fingerprint density at radius 1 is 1.21 bits per heavy atom. The lowest BCUT2D eigenvalue weighted by atomic mass is 10.1. The first-order valence-corrected chi connectivity index (χ1v) is 7.11. The van der Waals surface area contributed by atoms with E-state index in [1.165, 1.54) is 12.1 Å². The van der Waals surface area contributed by atoms with Crippen molar-refractivity contribution in [1.82, 2.24) is 4.98 Å². The summed E-state index contributed by atoms with van der Waals surface area (Å²) in [5.74, 6) is -0.248. The van der Waals surface area contributed by atoms with E-state index in [1.807, 2.05) is 13.0 Å². The van der Waals surface area contributed by atoms with Crippen molar-refractivity contribution in [3.63, 3.8) is 0 Å². The van der Waals surface area contributed by atoms with Gasteiger partial charge in [0.05, 0.1) is 15.3 Å². The zero-order valence-corrected chi connectivity index (χ0v) is 12.0. The molecule has 1 aromatic carbocycles. The van der Waals surface area contributed by atoms with Gasteiger partial charge in [-0.05, 0) is 36.8 Å². The van der Waals surface area contributed by atoms with Crippen LogP contribution in [0.1, 0.15) is 17.7 Å². The Balaban J connectivity index is 2.21. The van der Waals surface area contributed by atoms with Gasteiger partial charge in [0.2, 0.25) is 0 Å². The second-order valence-corrected chi connectivity index (χ2v) is 5.86. The van der Waals surface area contributed by atoms with E-state index in [-0.39, 0.29) is 17.1 Å². The van der Waals surface area contributed by atoms with Crippen LogP contribution in [0.3, 0.4) is 0 Å². The summed E-state index contributed by atoms with van der Waals surface area (Å²) in [6, 6.07) is 9.97. The second-order valence-electron chi connectivity index (χ2n) is 4.26. The van der Waals surface area contributed by atoms with E-state index in [4.69, 9.17) is 17.3 Å². The minimum Gasteiger partial charge on any atom is -0.327 e. The van der Waals surface area contributed by atoms with Crippen LogP contribution in [0.2, 0.25) is 5.02 Å². The van der Waals surface area contributed by atoms with Crippen molar-refractivity contribution in [1.29, 1.82) is 0 Å². The van der Waals surface area contributed by atoms with Crippen LogP contribution in [-0.2, 0) is 0 Å². The first kappa shape index (κ1) is 14.3. The molecule has 0 aliphatic heterocycles. The fraction of sp³-hybridized carbons (Fsp3) is 0.214. The summed E-state index contributed by atoms with van der Waals surface area (Å²) in [5, 5.41) is 1.47. The van der Waals surface area contributed by atoms with Gasteiger partial charge >= 0.3 is 0 Å². The van der Waals surface area contributed by atoms with E-state index in [0.29, 0.717) is 5.02 Å². The number of thioether (sulfide) groups is 1. The molecule has 1 aromatic heterocycles. The van der Waals surface area contributed by atoms with E-state index in [9.17, 15) is 4.39 Å². The highest BCUT2D eigenvalue weighted by atomic mass is 35.5. The van der Waals surface area contributed by atoms with E-state index < -0.39 is 0 Å². The Kier molecular flexibility index (Phi) is 4.80. The molecule has 19 heavy (non-hydrogen) atoms. The van der Waals surface area contributed by atoms with E-state index in [2.05, 4.69) is 4.98 Å². The fourth-order valence-electron chi connectivity index (χ4n) is 1.69. The molecule has 0 radical (unpaired) electrons. The van der Waals surface area contributed by atoms with Gasteiger partial charge < -0.3 is 5.73 Å². The van der Waals surface area contributed by atoms with Gasteiger partial charge in [-0.3, -0.25) is 0 Å². The number of aromatic nitrogens is 1. The summed E-state index contributed by atoms with van der Waals surface area (Å²) in [6.07, 6.45) is 1.60. The lowest BCUT2D eigenvalue weighted by Crippen LogP contribution is -2.22. The third-order valence-corrected chi connectivity index (χ3v) is 4.29. The average Bonchev–Trinajstić information content (AvgIpc) is 2.39. The minimum absolute atomic E-state index is 0.0225. The third kappa shape index (κ3) is 3.93. The van der Waals surface area contributed by atoms with Gasteiger partial charge in [0, 0.05) is 12.2 Å². The maximum absolute atomic E-state index is 13.0. The molecule has 0 saturated heterocycles. The van der Waals surface area contributed by atoms with Crippen LogP contribution < -0.4 is 5.73 Å². The normalized spacial score (nSPS) is 14.1. The number of hydrogen-bond donors (Lipinski definition) is 1. The quantitative estimate of drug-likeness (QED) is 0.865. The van der Waals surface area contributed by atoms with Crippen molar-refractivity contribution >= 4 is 23.4 Å². The van der Waals surface area contributed by atoms with Crippen LogP contribution in [0.5, 0.6) is 0 Å². The van der Waals surface area contributed by atoms with E-state index >= 15 is 0 Å². The molecule has 100 valence electrons. The van der Waals surface area contributed by atoms with Crippen molar-refractivity contribution in [2.24, 2.45) is 5.73 Å². The first-order valence-electron chi connectivity index (χ1n) is 5.85. The van der Waals surface area contributed by atoms with Crippen molar-refractivity contribution in [3.8, 4) is 0 Å². The second kappa shape index (κ2) is 6.37. The number of nitrogens with two attached hydrogens (primary N) is 1. The molecule has 2 atom stereocenters. The highest BCUT2D eigenvalue weighted by Crippen LogP contribution is 2.36. The number of halogens is 2. The lowest BCUT2D eigenvalue weighted by Gasteiger charge is -2.20. The summed E-state index contributed by atoms with van der Waals surface area (Å²) in [6.45, 7) is 1.93. The topological polar surface area (TPSA) is 38.9 Å². The molecule has 0 amide bonds. The van der Waals surface area contributed by atoms with Gasteiger partial charge in [0.1, 0.15) is 5.82 Å². The van der Waals surface area contributed by atoms with Gasteiger partial charge in [0.15, 0.2) is 0 Å². The summed E-state index contributed by atoms with van der Waals surface area (Å²) < 4.78 is 13.0. The zero-order chi connectivity index (χ0) is 13.8. The first-order chi connectivity index (χ1) is 9.06. The van der Waals surface area contributed by atoms with Gasteiger partial charge in [-0.25, -0.2) is 9.37 Å². The highest BCUT2D eigenvalue weighted by molar-refractivity contribution is 7.99. The van der Waals surface area contributed by atoms with Gasteiger partial charge in [-0.1, -0.05) is 35.5 Å². The van der Waals surface area contributed by atoms with Crippen LogP contribution in [0.15, 0.2) is 47.6 Å². The van der Waals surface area contributed by atoms with E-state index in [0.717, 1.165) is 10.6 Å². The van der Waals surface area contributed by atoms with Crippen molar-refractivity contribution in [2.75, 3.05) is 0 Å². The fourth-order valence-corrected chi connectivity index (χ4v) is 2.83. The number of benzene rings is 1. The molecule has 0 aliphatic carbocycles. The van der Waals surface area contributed by atoms with Crippen LogP contribution in [-0.4, -0.2) is 11.0 Å². The molecule has 2 unspecified atom stereocenters. The molecule has 0 aliphatic rings.